The maximum Gasteiger partial charge on any atom is 0.323 e. The van der Waals surface area contributed by atoms with Crippen LogP contribution >= 0.6 is 0 Å². The van der Waals surface area contributed by atoms with Gasteiger partial charge in [0.1, 0.15) is 5.54 Å². The van der Waals surface area contributed by atoms with Crippen LogP contribution in [0, 0.1) is 17.8 Å². The molecule has 101 valence electrons. The number of carboxylic acid groups (broad SMARTS) is 1. The van der Waals surface area contributed by atoms with E-state index in [0.29, 0.717) is 24.6 Å². The Bertz CT molecular complexity index is 328. The number of carboxylic acids is 1. The van der Waals surface area contributed by atoms with Crippen molar-refractivity contribution in [1.29, 1.82) is 0 Å². The molecule has 18 heavy (non-hydrogen) atoms. The zero-order valence-corrected chi connectivity index (χ0v) is 10.9. The molecule has 1 saturated heterocycles. The number of rotatable bonds is 5. The third-order valence-electron chi connectivity index (χ3n) is 4.70. The smallest absolute Gasteiger partial charge is 0.323 e. The summed E-state index contributed by atoms with van der Waals surface area (Å²) in [4.78, 5) is 13.7. The zero-order valence-electron chi connectivity index (χ0n) is 10.9. The predicted octanol–water partition coefficient (Wildman–Crippen LogP) is -0.224. The first kappa shape index (κ1) is 13.8. The first-order valence-electron chi connectivity index (χ1n) is 6.65. The van der Waals surface area contributed by atoms with Gasteiger partial charge in [0, 0.05) is 13.1 Å². The molecule has 1 aliphatic heterocycles. The van der Waals surface area contributed by atoms with Crippen LogP contribution in [0.2, 0.25) is 6.32 Å². The minimum atomic E-state index is -1.06. The van der Waals surface area contributed by atoms with Crippen molar-refractivity contribution in [3.05, 3.63) is 0 Å². The number of fused-ring (bicyclic) bond motifs is 1. The fourth-order valence-corrected chi connectivity index (χ4v) is 3.90. The summed E-state index contributed by atoms with van der Waals surface area (Å²) in [7, 11) is 3.22. The van der Waals surface area contributed by atoms with E-state index in [2.05, 4.69) is 11.9 Å². The highest BCUT2D eigenvalue weighted by Gasteiger charge is 2.57. The molecule has 0 aromatic carbocycles. The van der Waals surface area contributed by atoms with Gasteiger partial charge < -0.3 is 20.8 Å². The number of hydrogen-bond donors (Lipinski definition) is 3. The van der Waals surface area contributed by atoms with Gasteiger partial charge in [-0.15, -0.1) is 0 Å². The Morgan fingerprint density at radius 1 is 1.56 bits per heavy atom. The van der Waals surface area contributed by atoms with E-state index in [1.807, 2.05) is 0 Å². The van der Waals surface area contributed by atoms with E-state index in [9.17, 15) is 9.90 Å². The molecule has 1 saturated carbocycles. The lowest BCUT2D eigenvalue weighted by Gasteiger charge is -2.30. The second-order valence-corrected chi connectivity index (χ2v) is 5.91. The van der Waals surface area contributed by atoms with Gasteiger partial charge in [0.05, 0.1) is 0 Å². The standard InChI is InChI=1S/C12H22BN2O3/c1-15-6-8-5-12(14,11(16)17)10(9(8)7-15)3-2-4-13-18/h8-10,18H,2-7,14H2,1H3,(H,16,17)/t8-,9+,10-,12-/m0/s1. The number of likely N-dealkylation sites (tertiary alicyclic amines) is 1. The Kier molecular flexibility index (Phi) is 3.99. The van der Waals surface area contributed by atoms with E-state index in [1.165, 1.54) is 0 Å². The molecule has 2 fully saturated rings. The maximum absolute atomic E-state index is 11.5. The molecular weight excluding hydrogens is 231 g/mol. The topological polar surface area (TPSA) is 86.8 Å². The largest absolute Gasteiger partial charge is 0.480 e. The molecule has 1 aliphatic carbocycles. The van der Waals surface area contributed by atoms with Gasteiger partial charge in [0.15, 0.2) is 0 Å². The fourth-order valence-electron chi connectivity index (χ4n) is 3.90. The molecule has 0 aromatic heterocycles. The SMILES string of the molecule is CN1C[C@@H]2C[C@@](N)(C(=O)O)[C@@H](CCC[B]O)[C@@H]2C1. The molecule has 0 unspecified atom stereocenters. The van der Waals surface area contributed by atoms with Crippen molar-refractivity contribution in [3.8, 4) is 0 Å². The van der Waals surface area contributed by atoms with Crippen molar-refractivity contribution in [2.45, 2.75) is 31.1 Å². The highest BCUT2D eigenvalue weighted by Crippen LogP contribution is 2.48. The minimum Gasteiger partial charge on any atom is -0.480 e. The fraction of sp³-hybridized carbons (Fsp3) is 0.917. The van der Waals surface area contributed by atoms with E-state index >= 15 is 0 Å². The summed E-state index contributed by atoms with van der Waals surface area (Å²) in [5, 5.41) is 18.2. The van der Waals surface area contributed by atoms with Gasteiger partial charge >= 0.3 is 5.97 Å². The summed E-state index contributed by atoms with van der Waals surface area (Å²) in [6.07, 6.45) is 2.79. The van der Waals surface area contributed by atoms with Gasteiger partial charge in [-0.3, -0.25) is 4.79 Å². The van der Waals surface area contributed by atoms with E-state index < -0.39 is 11.5 Å². The van der Waals surface area contributed by atoms with E-state index in [-0.39, 0.29) is 5.92 Å². The van der Waals surface area contributed by atoms with Crippen molar-refractivity contribution in [2.75, 3.05) is 20.1 Å². The summed E-state index contributed by atoms with van der Waals surface area (Å²) in [6, 6.07) is 0. The number of aliphatic carboxylic acids is 1. The molecule has 2 aliphatic rings. The second kappa shape index (κ2) is 5.19. The Labute approximate surface area is 109 Å². The normalized spacial score (nSPS) is 39.8. The summed E-state index contributed by atoms with van der Waals surface area (Å²) in [5.41, 5.74) is 5.11. The van der Waals surface area contributed by atoms with Crippen LogP contribution in [0.15, 0.2) is 0 Å². The highest BCUT2D eigenvalue weighted by atomic mass is 16.4. The third kappa shape index (κ3) is 2.29. The van der Waals surface area contributed by atoms with Gasteiger partial charge in [-0.25, -0.2) is 0 Å². The van der Waals surface area contributed by atoms with E-state index in [1.54, 1.807) is 0 Å². The van der Waals surface area contributed by atoms with Crippen LogP contribution in [-0.2, 0) is 4.79 Å². The van der Waals surface area contributed by atoms with Gasteiger partial charge in [-0.2, -0.15) is 0 Å². The molecule has 4 atom stereocenters. The molecule has 0 spiro atoms. The molecule has 0 bridgehead atoms. The molecule has 0 aromatic rings. The van der Waals surface area contributed by atoms with E-state index in [0.717, 1.165) is 33.4 Å². The molecule has 5 nitrogen and oxygen atoms in total. The van der Waals surface area contributed by atoms with Gasteiger partial charge in [0.2, 0.25) is 0 Å². The van der Waals surface area contributed by atoms with Crippen molar-refractivity contribution in [2.24, 2.45) is 23.5 Å². The highest BCUT2D eigenvalue weighted by molar-refractivity contribution is 6.25. The van der Waals surface area contributed by atoms with Crippen molar-refractivity contribution < 1.29 is 14.9 Å². The lowest BCUT2D eigenvalue weighted by molar-refractivity contribution is -0.145. The van der Waals surface area contributed by atoms with Crippen molar-refractivity contribution >= 4 is 13.5 Å². The first-order valence-corrected chi connectivity index (χ1v) is 6.65. The molecule has 0 amide bonds. The monoisotopic (exact) mass is 253 g/mol. The molecular formula is C12H22BN2O3. The van der Waals surface area contributed by atoms with Crippen LogP contribution in [0.1, 0.15) is 19.3 Å². The summed E-state index contributed by atoms with van der Waals surface area (Å²) in [5.74, 6) is -0.0172. The average Bonchev–Trinajstić information content (AvgIpc) is 2.75. The Morgan fingerprint density at radius 2 is 2.28 bits per heavy atom. The molecule has 6 heteroatoms. The van der Waals surface area contributed by atoms with Crippen LogP contribution in [0.4, 0.5) is 0 Å². The number of nitrogens with zero attached hydrogens (tertiary/aromatic N) is 1. The number of nitrogens with two attached hydrogens (primary N) is 1. The Morgan fingerprint density at radius 3 is 2.89 bits per heavy atom. The van der Waals surface area contributed by atoms with E-state index in [4.69, 9.17) is 10.8 Å². The maximum atomic E-state index is 11.5. The number of hydrogen-bond acceptors (Lipinski definition) is 4. The van der Waals surface area contributed by atoms with Gasteiger partial charge in [0.25, 0.3) is 7.48 Å². The van der Waals surface area contributed by atoms with Crippen molar-refractivity contribution in [1.82, 2.24) is 4.90 Å². The average molecular weight is 253 g/mol. The van der Waals surface area contributed by atoms with Gasteiger partial charge in [-0.05, 0) is 37.6 Å². The zero-order chi connectivity index (χ0) is 13.3. The summed E-state index contributed by atoms with van der Waals surface area (Å²) in [6.45, 7) is 1.91. The van der Waals surface area contributed by atoms with Crippen LogP contribution < -0.4 is 5.73 Å². The Balaban J connectivity index is 2.10. The molecule has 4 N–H and O–H groups in total. The summed E-state index contributed by atoms with van der Waals surface area (Å²) < 4.78 is 0. The third-order valence-corrected chi connectivity index (χ3v) is 4.70. The van der Waals surface area contributed by atoms with Crippen LogP contribution in [0.25, 0.3) is 0 Å². The molecule has 1 radical (unpaired) electrons. The lowest BCUT2D eigenvalue weighted by Crippen LogP contribution is -2.53. The van der Waals surface area contributed by atoms with Crippen LogP contribution in [-0.4, -0.2) is 54.2 Å². The molecule has 1 heterocycles. The van der Waals surface area contributed by atoms with Crippen LogP contribution in [0.3, 0.4) is 0 Å². The first-order chi connectivity index (χ1) is 8.49. The quantitative estimate of drug-likeness (QED) is 0.465. The van der Waals surface area contributed by atoms with Gasteiger partial charge in [-0.1, -0.05) is 12.7 Å². The lowest BCUT2D eigenvalue weighted by atomic mass is 9.78. The predicted molar refractivity (Wildman–Crippen MR) is 69.2 cm³/mol. The number of carbonyl (C=O) groups is 1. The van der Waals surface area contributed by atoms with Crippen LogP contribution in [0.5, 0.6) is 0 Å². The Hall–Kier alpha value is -0.585. The summed E-state index contributed by atoms with van der Waals surface area (Å²) >= 11 is 0. The minimum absolute atomic E-state index is 0.0323. The second-order valence-electron chi connectivity index (χ2n) is 5.91. The van der Waals surface area contributed by atoms with Crippen molar-refractivity contribution in [3.63, 3.8) is 0 Å². The molecule has 2 rings (SSSR count).